The molecule has 1 aromatic heterocycles. The van der Waals surface area contributed by atoms with Crippen LogP contribution in [0.2, 0.25) is 0 Å². The van der Waals surface area contributed by atoms with E-state index in [9.17, 15) is 8.42 Å². The van der Waals surface area contributed by atoms with Gasteiger partial charge in [-0.15, -0.1) is 0 Å². The fraction of sp³-hybridized carbons (Fsp3) is 0.214. The summed E-state index contributed by atoms with van der Waals surface area (Å²) in [5, 5.41) is 6.57. The first-order valence-electron chi connectivity index (χ1n) is 12.1. The maximum atomic E-state index is 12.5. The van der Waals surface area contributed by atoms with E-state index in [1.165, 1.54) is 5.56 Å². The average molecular weight is 517 g/mol. The Morgan fingerprint density at radius 1 is 0.838 bits per heavy atom. The van der Waals surface area contributed by atoms with E-state index in [1.54, 1.807) is 30.5 Å². The van der Waals surface area contributed by atoms with E-state index in [1.807, 2.05) is 67.5 Å². The Bertz CT molecular complexity index is 1380. The summed E-state index contributed by atoms with van der Waals surface area (Å²) in [5.41, 5.74) is 4.71. The molecule has 9 heteroatoms. The first-order valence-corrected chi connectivity index (χ1v) is 13.6. The van der Waals surface area contributed by atoms with Crippen molar-refractivity contribution in [2.75, 3.05) is 37.8 Å². The van der Waals surface area contributed by atoms with Crippen molar-refractivity contribution < 1.29 is 8.42 Å². The Labute approximate surface area is 218 Å². The molecule has 4 rings (SSSR count). The molecule has 192 valence electrons. The van der Waals surface area contributed by atoms with Gasteiger partial charge in [0.2, 0.25) is 16.0 Å². The minimum atomic E-state index is -3.55. The smallest absolute Gasteiger partial charge is 0.240 e. The van der Waals surface area contributed by atoms with Gasteiger partial charge in [0.05, 0.1) is 10.6 Å². The Hall–Kier alpha value is -3.79. The van der Waals surface area contributed by atoms with Gasteiger partial charge in [-0.25, -0.2) is 23.1 Å². The summed E-state index contributed by atoms with van der Waals surface area (Å²) in [5.74, 6) is 0.432. The van der Waals surface area contributed by atoms with E-state index in [0.29, 0.717) is 18.2 Å². The third-order valence-electron chi connectivity index (χ3n) is 5.67. The standard InChI is InChI=1S/C28H32N6O2S/c1-34(2)20-6-18-31-37(35,36)26-15-13-25(14-16-26)32-28-29-19-17-27(33-28)23-9-11-24(12-10-23)30-21-22-7-4-3-5-8-22/h3-5,7-17,19,30-31H,6,18,20-21H2,1-2H3,(H,29,32,33). The minimum absolute atomic E-state index is 0.221. The molecule has 0 saturated heterocycles. The van der Waals surface area contributed by atoms with Crippen molar-refractivity contribution in [2.45, 2.75) is 17.9 Å². The van der Waals surface area contributed by atoms with Crippen molar-refractivity contribution in [2.24, 2.45) is 0 Å². The molecule has 0 radical (unpaired) electrons. The molecule has 0 aliphatic rings. The molecule has 3 aromatic carbocycles. The van der Waals surface area contributed by atoms with Crippen LogP contribution in [0, 0.1) is 0 Å². The summed E-state index contributed by atoms with van der Waals surface area (Å²) in [6.07, 6.45) is 2.44. The summed E-state index contributed by atoms with van der Waals surface area (Å²) in [6.45, 7) is 1.97. The van der Waals surface area contributed by atoms with E-state index in [-0.39, 0.29) is 4.90 Å². The van der Waals surface area contributed by atoms with Crippen LogP contribution in [0.15, 0.2) is 96.0 Å². The van der Waals surface area contributed by atoms with Crippen molar-refractivity contribution in [1.82, 2.24) is 19.6 Å². The first kappa shape index (κ1) is 26.3. The number of nitrogens with one attached hydrogen (secondary N) is 3. The summed E-state index contributed by atoms with van der Waals surface area (Å²) in [6, 6.07) is 26.8. The highest BCUT2D eigenvalue weighted by Crippen LogP contribution is 2.22. The zero-order valence-electron chi connectivity index (χ0n) is 21.1. The molecule has 0 amide bonds. The molecule has 3 N–H and O–H groups in total. The Kier molecular flexibility index (Phi) is 8.84. The fourth-order valence-corrected chi connectivity index (χ4v) is 4.74. The molecule has 0 atom stereocenters. The lowest BCUT2D eigenvalue weighted by Gasteiger charge is -2.11. The van der Waals surface area contributed by atoms with Gasteiger partial charge in [-0.1, -0.05) is 42.5 Å². The van der Waals surface area contributed by atoms with Crippen LogP contribution in [0.1, 0.15) is 12.0 Å². The van der Waals surface area contributed by atoms with Gasteiger partial charge < -0.3 is 15.5 Å². The second kappa shape index (κ2) is 12.4. The second-order valence-corrected chi connectivity index (χ2v) is 10.7. The van der Waals surface area contributed by atoms with Gasteiger partial charge in [-0.05, 0) is 75.1 Å². The van der Waals surface area contributed by atoms with Crippen LogP contribution in [0.4, 0.5) is 17.3 Å². The van der Waals surface area contributed by atoms with Crippen LogP contribution < -0.4 is 15.4 Å². The van der Waals surface area contributed by atoms with E-state index in [0.717, 1.165) is 36.5 Å². The van der Waals surface area contributed by atoms with Crippen molar-refractivity contribution >= 4 is 27.3 Å². The van der Waals surface area contributed by atoms with Gasteiger partial charge in [0.1, 0.15) is 0 Å². The average Bonchev–Trinajstić information content (AvgIpc) is 2.91. The lowest BCUT2D eigenvalue weighted by Crippen LogP contribution is -2.27. The molecule has 0 unspecified atom stereocenters. The van der Waals surface area contributed by atoms with Gasteiger partial charge in [0.15, 0.2) is 0 Å². The summed E-state index contributed by atoms with van der Waals surface area (Å²) < 4.78 is 27.7. The highest BCUT2D eigenvalue weighted by atomic mass is 32.2. The summed E-state index contributed by atoms with van der Waals surface area (Å²) in [4.78, 5) is 11.2. The van der Waals surface area contributed by atoms with Crippen molar-refractivity contribution in [3.8, 4) is 11.3 Å². The normalized spacial score (nSPS) is 11.4. The van der Waals surface area contributed by atoms with Crippen LogP contribution in [-0.2, 0) is 16.6 Å². The number of hydrogen-bond donors (Lipinski definition) is 3. The monoisotopic (exact) mass is 516 g/mol. The van der Waals surface area contributed by atoms with Crippen molar-refractivity contribution in [1.29, 1.82) is 0 Å². The van der Waals surface area contributed by atoms with Crippen molar-refractivity contribution in [3.63, 3.8) is 0 Å². The minimum Gasteiger partial charge on any atom is -0.381 e. The molecular weight excluding hydrogens is 484 g/mol. The van der Waals surface area contributed by atoms with Gasteiger partial charge in [0.25, 0.3) is 0 Å². The molecule has 1 heterocycles. The summed E-state index contributed by atoms with van der Waals surface area (Å²) in [7, 11) is 0.372. The van der Waals surface area contributed by atoms with Crippen LogP contribution in [0.3, 0.4) is 0 Å². The van der Waals surface area contributed by atoms with Crippen molar-refractivity contribution in [3.05, 3.63) is 96.7 Å². The molecule has 0 fully saturated rings. The lowest BCUT2D eigenvalue weighted by molar-refractivity contribution is 0.400. The van der Waals surface area contributed by atoms with E-state index < -0.39 is 10.0 Å². The van der Waals surface area contributed by atoms with Gasteiger partial charge in [0, 0.05) is 36.2 Å². The van der Waals surface area contributed by atoms with Crippen LogP contribution in [0.25, 0.3) is 11.3 Å². The van der Waals surface area contributed by atoms with Crippen LogP contribution in [-0.4, -0.2) is 50.5 Å². The number of sulfonamides is 1. The molecule has 0 aliphatic heterocycles. The number of hydrogen-bond acceptors (Lipinski definition) is 7. The number of aromatic nitrogens is 2. The maximum absolute atomic E-state index is 12.5. The Balaban J connectivity index is 1.35. The largest absolute Gasteiger partial charge is 0.381 e. The Morgan fingerprint density at radius 3 is 2.24 bits per heavy atom. The van der Waals surface area contributed by atoms with Crippen LogP contribution in [0.5, 0.6) is 0 Å². The molecule has 0 saturated carbocycles. The molecular formula is C28H32N6O2S. The lowest BCUT2D eigenvalue weighted by atomic mass is 10.1. The molecule has 0 aliphatic carbocycles. The highest BCUT2D eigenvalue weighted by Gasteiger charge is 2.13. The van der Waals surface area contributed by atoms with E-state index in [2.05, 4.69) is 37.5 Å². The van der Waals surface area contributed by atoms with Crippen LogP contribution >= 0.6 is 0 Å². The second-order valence-electron chi connectivity index (χ2n) is 8.89. The quantitative estimate of drug-likeness (QED) is 0.234. The predicted molar refractivity (Wildman–Crippen MR) is 149 cm³/mol. The first-order chi connectivity index (χ1) is 17.9. The zero-order valence-corrected chi connectivity index (χ0v) is 21.9. The zero-order chi connectivity index (χ0) is 26.1. The topological polar surface area (TPSA) is 99.3 Å². The molecule has 0 bridgehead atoms. The number of nitrogens with zero attached hydrogens (tertiary/aromatic N) is 3. The third kappa shape index (κ3) is 7.85. The van der Waals surface area contributed by atoms with E-state index >= 15 is 0 Å². The third-order valence-corrected chi connectivity index (χ3v) is 7.15. The van der Waals surface area contributed by atoms with Gasteiger partial charge in [-0.3, -0.25) is 0 Å². The fourth-order valence-electron chi connectivity index (χ4n) is 3.67. The SMILES string of the molecule is CN(C)CCCNS(=O)(=O)c1ccc(Nc2nccc(-c3ccc(NCc4ccccc4)cc3)n2)cc1. The molecule has 37 heavy (non-hydrogen) atoms. The molecule has 8 nitrogen and oxygen atoms in total. The summed E-state index contributed by atoms with van der Waals surface area (Å²) >= 11 is 0. The maximum Gasteiger partial charge on any atom is 0.240 e. The number of anilines is 3. The highest BCUT2D eigenvalue weighted by molar-refractivity contribution is 7.89. The van der Waals surface area contributed by atoms with Gasteiger partial charge >= 0.3 is 0 Å². The Morgan fingerprint density at radius 2 is 1.54 bits per heavy atom. The predicted octanol–water partition coefficient (Wildman–Crippen LogP) is 4.73. The molecule has 0 spiro atoms. The molecule has 4 aromatic rings. The number of benzene rings is 3. The number of rotatable bonds is 12. The van der Waals surface area contributed by atoms with E-state index in [4.69, 9.17) is 0 Å². The van der Waals surface area contributed by atoms with Gasteiger partial charge in [-0.2, -0.15) is 0 Å².